The highest BCUT2D eigenvalue weighted by atomic mass is 16.5. The number of carbonyl (C=O) groups is 1. The lowest BCUT2D eigenvalue weighted by Gasteiger charge is -2.41. The summed E-state index contributed by atoms with van der Waals surface area (Å²) in [7, 11) is 0. The number of piperidine rings is 1. The minimum atomic E-state index is -0.216. The van der Waals surface area contributed by atoms with Crippen molar-refractivity contribution < 1.29 is 9.53 Å². The Morgan fingerprint density at radius 3 is 2.59 bits per heavy atom. The van der Waals surface area contributed by atoms with Crippen molar-refractivity contribution in [1.29, 1.82) is 5.26 Å². The first-order valence-electron chi connectivity index (χ1n) is 13.1. The number of carbonyl (C=O) groups excluding carboxylic acids is 1. The number of nitrogens with zero attached hydrogens (tertiary/aromatic N) is 5. The molecular formula is C29H34N6O2. The molecule has 0 spiro atoms. The number of rotatable bonds is 7. The maximum atomic E-state index is 13.0. The van der Waals surface area contributed by atoms with Crippen LogP contribution in [0.4, 0.5) is 11.4 Å². The molecule has 192 valence electrons. The first-order valence-corrected chi connectivity index (χ1v) is 13.1. The summed E-state index contributed by atoms with van der Waals surface area (Å²) in [5.41, 5.74) is 4.59. The van der Waals surface area contributed by atoms with E-state index in [1.54, 1.807) is 12.3 Å². The fraction of sp³-hybridized carbons (Fsp3) is 0.414. The van der Waals surface area contributed by atoms with E-state index in [2.05, 4.69) is 38.4 Å². The molecule has 2 aliphatic heterocycles. The van der Waals surface area contributed by atoms with Crippen molar-refractivity contribution in [2.45, 2.75) is 38.8 Å². The number of morpholine rings is 1. The Hall–Kier alpha value is -3.67. The standard InChI is InChI=1S/C29H34N6O2/c1-22-27(21-35(32-22)14-9-23-5-3-2-4-6-23)29(36)31-25-7-8-28(24(19-25)20-30)34-12-10-26(11-13-34)33-15-17-37-18-16-33/h2-8,19,21,26H,9-18H2,1H3,(H,31,36). The van der Waals surface area contributed by atoms with E-state index in [1.807, 2.05) is 41.9 Å². The van der Waals surface area contributed by atoms with Gasteiger partial charge >= 0.3 is 0 Å². The van der Waals surface area contributed by atoms with Crippen molar-refractivity contribution in [1.82, 2.24) is 14.7 Å². The molecule has 1 aromatic heterocycles. The lowest BCUT2D eigenvalue weighted by atomic mass is 10.0. The summed E-state index contributed by atoms with van der Waals surface area (Å²) >= 11 is 0. The summed E-state index contributed by atoms with van der Waals surface area (Å²) in [6.07, 6.45) is 4.80. The Bertz CT molecular complexity index is 1250. The van der Waals surface area contributed by atoms with Crippen LogP contribution in [0.5, 0.6) is 0 Å². The van der Waals surface area contributed by atoms with Crippen LogP contribution in [-0.4, -0.2) is 66.0 Å². The quantitative estimate of drug-likeness (QED) is 0.532. The molecule has 0 atom stereocenters. The van der Waals surface area contributed by atoms with Crippen LogP contribution in [0.15, 0.2) is 54.7 Å². The Balaban J connectivity index is 1.20. The van der Waals surface area contributed by atoms with Crippen LogP contribution in [0.1, 0.15) is 40.0 Å². The molecule has 37 heavy (non-hydrogen) atoms. The van der Waals surface area contributed by atoms with Crippen molar-refractivity contribution >= 4 is 17.3 Å². The SMILES string of the molecule is Cc1nn(CCc2ccccc2)cc1C(=O)Nc1ccc(N2CCC(N3CCOCC3)CC2)c(C#N)c1. The molecule has 2 fully saturated rings. The maximum Gasteiger partial charge on any atom is 0.259 e. The highest BCUT2D eigenvalue weighted by Crippen LogP contribution is 2.28. The Morgan fingerprint density at radius 1 is 1.11 bits per heavy atom. The smallest absolute Gasteiger partial charge is 0.259 e. The molecule has 2 saturated heterocycles. The third kappa shape index (κ3) is 6.01. The highest BCUT2D eigenvalue weighted by Gasteiger charge is 2.27. The summed E-state index contributed by atoms with van der Waals surface area (Å²) in [6, 6.07) is 18.8. The zero-order valence-corrected chi connectivity index (χ0v) is 21.4. The van der Waals surface area contributed by atoms with Gasteiger partial charge in [0, 0.05) is 50.6 Å². The molecule has 3 heterocycles. The number of hydrogen-bond acceptors (Lipinski definition) is 6. The second-order valence-electron chi connectivity index (χ2n) is 9.79. The molecule has 5 rings (SSSR count). The van der Waals surface area contributed by atoms with Gasteiger partial charge in [-0.3, -0.25) is 14.4 Å². The Kier molecular flexibility index (Phi) is 7.83. The molecule has 0 bridgehead atoms. The average Bonchev–Trinajstić information content (AvgIpc) is 3.33. The summed E-state index contributed by atoms with van der Waals surface area (Å²) in [5.74, 6) is -0.216. The number of hydrogen-bond donors (Lipinski definition) is 1. The molecule has 0 unspecified atom stereocenters. The monoisotopic (exact) mass is 498 g/mol. The van der Waals surface area contributed by atoms with Gasteiger partial charge in [-0.25, -0.2) is 0 Å². The van der Waals surface area contributed by atoms with Crippen LogP contribution in [0.25, 0.3) is 0 Å². The lowest BCUT2D eigenvalue weighted by Crippen LogP contribution is -2.49. The Labute approximate surface area is 218 Å². The lowest BCUT2D eigenvalue weighted by molar-refractivity contribution is 0.0115. The van der Waals surface area contributed by atoms with Gasteiger partial charge in [0.05, 0.1) is 35.7 Å². The highest BCUT2D eigenvalue weighted by molar-refractivity contribution is 6.05. The van der Waals surface area contributed by atoms with E-state index in [0.29, 0.717) is 35.1 Å². The van der Waals surface area contributed by atoms with Crippen LogP contribution in [0, 0.1) is 18.3 Å². The largest absolute Gasteiger partial charge is 0.379 e. The zero-order valence-electron chi connectivity index (χ0n) is 21.4. The number of ether oxygens (including phenoxy) is 1. The summed E-state index contributed by atoms with van der Waals surface area (Å²) in [4.78, 5) is 17.9. The van der Waals surface area contributed by atoms with E-state index in [-0.39, 0.29) is 5.91 Å². The van der Waals surface area contributed by atoms with Gasteiger partial charge in [0.1, 0.15) is 6.07 Å². The number of anilines is 2. The second kappa shape index (κ2) is 11.6. The second-order valence-corrected chi connectivity index (χ2v) is 9.79. The van der Waals surface area contributed by atoms with Crippen molar-refractivity contribution in [2.75, 3.05) is 49.6 Å². The number of nitrogens with one attached hydrogen (secondary N) is 1. The van der Waals surface area contributed by atoms with Crippen LogP contribution >= 0.6 is 0 Å². The van der Waals surface area contributed by atoms with E-state index in [1.165, 1.54) is 5.56 Å². The molecule has 0 radical (unpaired) electrons. The molecule has 3 aromatic rings. The van der Waals surface area contributed by atoms with E-state index in [0.717, 1.165) is 64.3 Å². The van der Waals surface area contributed by atoms with Gasteiger partial charge in [-0.05, 0) is 49.9 Å². The first-order chi connectivity index (χ1) is 18.1. The van der Waals surface area contributed by atoms with Crippen molar-refractivity contribution in [3.05, 3.63) is 77.1 Å². The Morgan fingerprint density at radius 2 is 1.86 bits per heavy atom. The van der Waals surface area contributed by atoms with E-state index < -0.39 is 0 Å². The molecule has 0 aliphatic carbocycles. The normalized spacial score (nSPS) is 16.9. The van der Waals surface area contributed by atoms with Gasteiger partial charge in [0.15, 0.2) is 0 Å². The molecule has 0 saturated carbocycles. The third-order valence-electron chi connectivity index (χ3n) is 7.41. The van der Waals surface area contributed by atoms with Gasteiger partial charge in [0.25, 0.3) is 5.91 Å². The summed E-state index contributed by atoms with van der Waals surface area (Å²) in [5, 5.41) is 17.3. The minimum absolute atomic E-state index is 0.216. The topological polar surface area (TPSA) is 86.4 Å². The van der Waals surface area contributed by atoms with E-state index >= 15 is 0 Å². The fourth-order valence-corrected chi connectivity index (χ4v) is 5.34. The predicted molar refractivity (Wildman–Crippen MR) is 144 cm³/mol. The number of aromatic nitrogens is 2. The van der Waals surface area contributed by atoms with Crippen LogP contribution < -0.4 is 10.2 Å². The predicted octanol–water partition coefficient (Wildman–Crippen LogP) is 3.86. The van der Waals surface area contributed by atoms with Gasteiger partial charge in [0.2, 0.25) is 0 Å². The molecule has 1 amide bonds. The van der Waals surface area contributed by atoms with Gasteiger partial charge in [-0.2, -0.15) is 10.4 Å². The van der Waals surface area contributed by atoms with E-state index in [4.69, 9.17) is 4.74 Å². The summed E-state index contributed by atoms with van der Waals surface area (Å²) < 4.78 is 7.31. The average molecular weight is 499 g/mol. The number of benzene rings is 2. The molecule has 8 nitrogen and oxygen atoms in total. The fourth-order valence-electron chi connectivity index (χ4n) is 5.34. The number of amides is 1. The van der Waals surface area contributed by atoms with Crippen LogP contribution in [0.3, 0.4) is 0 Å². The van der Waals surface area contributed by atoms with Crippen molar-refractivity contribution in [3.8, 4) is 6.07 Å². The van der Waals surface area contributed by atoms with Crippen LogP contribution in [0.2, 0.25) is 0 Å². The molecular weight excluding hydrogens is 464 g/mol. The third-order valence-corrected chi connectivity index (χ3v) is 7.41. The number of nitriles is 1. The van der Waals surface area contributed by atoms with Crippen LogP contribution in [-0.2, 0) is 17.7 Å². The van der Waals surface area contributed by atoms with Gasteiger partial charge < -0.3 is 15.0 Å². The van der Waals surface area contributed by atoms with E-state index in [9.17, 15) is 10.1 Å². The first kappa shape index (κ1) is 25.0. The van der Waals surface area contributed by atoms with Crippen molar-refractivity contribution in [3.63, 3.8) is 0 Å². The molecule has 1 N–H and O–H groups in total. The minimum Gasteiger partial charge on any atom is -0.379 e. The summed E-state index contributed by atoms with van der Waals surface area (Å²) in [6.45, 7) is 8.04. The number of aryl methyl sites for hydroxylation is 3. The molecule has 8 heteroatoms. The molecule has 2 aromatic carbocycles. The molecule has 2 aliphatic rings. The van der Waals surface area contributed by atoms with Crippen molar-refractivity contribution in [2.24, 2.45) is 0 Å². The van der Waals surface area contributed by atoms with Gasteiger partial charge in [-0.15, -0.1) is 0 Å². The van der Waals surface area contributed by atoms with Gasteiger partial charge in [-0.1, -0.05) is 30.3 Å². The maximum absolute atomic E-state index is 13.0. The zero-order chi connectivity index (χ0) is 25.6.